The van der Waals surface area contributed by atoms with Gasteiger partial charge in [0.1, 0.15) is 0 Å². The third-order valence-corrected chi connectivity index (χ3v) is 4.57. The summed E-state index contributed by atoms with van der Waals surface area (Å²) >= 11 is -0.831. The summed E-state index contributed by atoms with van der Waals surface area (Å²) in [6, 6.07) is 10.4. The molecule has 0 saturated carbocycles. The van der Waals surface area contributed by atoms with Gasteiger partial charge in [-0.25, -0.2) is 0 Å². The zero-order valence-electron chi connectivity index (χ0n) is 4.97. The van der Waals surface area contributed by atoms with E-state index >= 15 is 0 Å². The van der Waals surface area contributed by atoms with Crippen LogP contribution < -0.4 is 0 Å². The van der Waals surface area contributed by atoms with Crippen molar-refractivity contribution in [1.82, 2.24) is 0 Å². The Morgan fingerprint density at radius 3 is 2.44 bits per heavy atom. The molecule has 46 valence electrons. The van der Waals surface area contributed by atoms with Crippen molar-refractivity contribution in [2.24, 2.45) is 0 Å². The predicted molar refractivity (Wildman–Crippen MR) is 36.0 cm³/mol. The van der Waals surface area contributed by atoms with Crippen LogP contribution >= 0.6 is 5.97 Å². The Balaban J connectivity index is 2.61. The van der Waals surface area contributed by atoms with Crippen molar-refractivity contribution < 1.29 is 34.3 Å². The maximum absolute atomic E-state index is 5.75. The fraction of sp³-hybridized carbons (Fsp3) is 0.143. The zero-order chi connectivity index (χ0) is 6.53. The first-order valence-electron chi connectivity index (χ1n) is 2.81. The molecule has 0 heterocycles. The molecule has 0 aliphatic rings. The van der Waals surface area contributed by atoms with Gasteiger partial charge in [-0.15, -0.1) is 0 Å². The van der Waals surface area contributed by atoms with E-state index in [0.29, 0.717) is 0 Å². The summed E-state index contributed by atoms with van der Waals surface area (Å²) in [5.74, 6) is 5.75. The van der Waals surface area contributed by atoms with Crippen LogP contribution in [0.15, 0.2) is 30.3 Å². The fourth-order valence-corrected chi connectivity index (χ4v) is 3.70. The summed E-state index contributed by atoms with van der Waals surface area (Å²) in [7, 11) is 0. The molecule has 0 spiro atoms. The van der Waals surface area contributed by atoms with Gasteiger partial charge >= 0.3 is 78.4 Å². The predicted octanol–water partition coefficient (Wildman–Crippen LogP) is 2.43. The fourth-order valence-electron chi connectivity index (χ4n) is 0.673. The summed E-state index contributed by atoms with van der Waals surface area (Å²) in [4.78, 5) is 0. The molecule has 1 aromatic carbocycles. The summed E-state index contributed by atoms with van der Waals surface area (Å²) in [6.07, 6.45) is 0. The summed E-state index contributed by atoms with van der Waals surface area (Å²) < 4.78 is 1.18. The first-order valence-corrected chi connectivity index (χ1v) is 10.8. The Bertz CT molecular complexity index is 162. The molecule has 0 amide bonds. The average molecular weight is 359 g/mol. The molecule has 0 fully saturated rings. The average Bonchev–Trinajstić information content (AvgIpc) is 1.91. The van der Waals surface area contributed by atoms with Crippen molar-refractivity contribution in [1.29, 1.82) is 0 Å². The molecule has 1 aromatic rings. The number of benzene rings is 1. The second kappa shape index (κ2) is 4.62. The summed E-state index contributed by atoms with van der Waals surface area (Å²) in [5, 5.41) is 0. The van der Waals surface area contributed by atoms with Crippen LogP contribution in [0.25, 0.3) is 0 Å². The van der Waals surface area contributed by atoms with E-state index in [-0.39, 0.29) is 0 Å². The molecule has 0 nitrogen and oxygen atoms in total. The summed E-state index contributed by atoms with van der Waals surface area (Å²) in [5.41, 5.74) is 1.41. The molecule has 0 aliphatic carbocycles. The van der Waals surface area contributed by atoms with E-state index in [0.717, 1.165) is 0 Å². The number of halogens is 1. The molecule has 0 unspecified atom stereocenters. The van der Waals surface area contributed by atoms with E-state index in [4.69, 9.17) is 5.97 Å². The minimum atomic E-state index is -0.831. The third-order valence-electron chi connectivity index (χ3n) is 1.11. The van der Waals surface area contributed by atoms with Gasteiger partial charge in [-0.2, -0.15) is 0 Å². The van der Waals surface area contributed by atoms with Crippen molar-refractivity contribution in [2.45, 2.75) is 2.20 Å². The van der Waals surface area contributed by atoms with Crippen molar-refractivity contribution >= 4 is 5.97 Å². The van der Waals surface area contributed by atoms with Gasteiger partial charge in [0.25, 0.3) is 0 Å². The van der Waals surface area contributed by atoms with Crippen LogP contribution in [-0.2, 0) is 2.20 Å². The molecule has 0 N–H and O–H groups in total. The second-order valence-corrected chi connectivity index (χ2v) is 6.81. The van der Waals surface area contributed by atoms with E-state index in [1.165, 1.54) is 7.76 Å². The maximum atomic E-state index is 5.75. The van der Waals surface area contributed by atoms with Crippen LogP contribution in [0.1, 0.15) is 5.56 Å². The first-order chi connectivity index (χ1) is 4.43. The normalized spacial score (nSPS) is 8.56. The van der Waals surface area contributed by atoms with E-state index in [1.807, 2.05) is 6.07 Å². The van der Waals surface area contributed by atoms with Gasteiger partial charge in [0.2, 0.25) is 0 Å². The van der Waals surface area contributed by atoms with Crippen LogP contribution in [0.3, 0.4) is 0 Å². The molecule has 0 aromatic heterocycles. The standard InChI is InChI=1S/C7H7.ClH.Th/c1-7-5-3-2-4-6-7;;/h2-6H,1H2;1H;/q;;+1/p-1. The van der Waals surface area contributed by atoms with E-state index < -0.39 is 34.3 Å². The third kappa shape index (κ3) is 2.95. The molecular formula is C7H7ClTh. The van der Waals surface area contributed by atoms with Crippen molar-refractivity contribution in [3.63, 3.8) is 0 Å². The SMILES string of the molecule is [Cl][Th][CH2]c1ccccc1. The van der Waals surface area contributed by atoms with Crippen LogP contribution in [0.5, 0.6) is 0 Å². The molecule has 0 aliphatic heterocycles. The van der Waals surface area contributed by atoms with Gasteiger partial charge in [-0.1, -0.05) is 0 Å². The van der Waals surface area contributed by atoms with Gasteiger partial charge in [0.15, 0.2) is 0 Å². The first kappa shape index (κ1) is 7.94. The quantitative estimate of drug-likeness (QED) is 0.762. The molecule has 2 heteroatoms. The molecule has 0 saturated heterocycles. The molecular weight excluding hydrogens is 352 g/mol. The van der Waals surface area contributed by atoms with Gasteiger partial charge in [-0.05, 0) is 0 Å². The van der Waals surface area contributed by atoms with Gasteiger partial charge in [-0.3, -0.25) is 0 Å². The van der Waals surface area contributed by atoms with E-state index in [2.05, 4.69) is 24.3 Å². The van der Waals surface area contributed by atoms with Gasteiger partial charge < -0.3 is 0 Å². The van der Waals surface area contributed by atoms with Crippen molar-refractivity contribution in [3.05, 3.63) is 35.9 Å². The van der Waals surface area contributed by atoms with Gasteiger partial charge in [0, 0.05) is 0 Å². The van der Waals surface area contributed by atoms with Gasteiger partial charge in [0.05, 0.1) is 0 Å². The Morgan fingerprint density at radius 1 is 1.22 bits per heavy atom. The van der Waals surface area contributed by atoms with Crippen LogP contribution in [-0.4, -0.2) is 0 Å². The number of hydrogen-bond acceptors (Lipinski definition) is 0. The van der Waals surface area contributed by atoms with E-state index in [9.17, 15) is 0 Å². The molecule has 9 heavy (non-hydrogen) atoms. The van der Waals surface area contributed by atoms with Crippen LogP contribution in [0, 0.1) is 34.3 Å². The Hall–Kier alpha value is 0.835. The number of rotatable bonds is 2. The van der Waals surface area contributed by atoms with Crippen molar-refractivity contribution in [2.75, 3.05) is 0 Å². The Labute approximate surface area is 77.4 Å². The Morgan fingerprint density at radius 2 is 1.89 bits per heavy atom. The van der Waals surface area contributed by atoms with Crippen molar-refractivity contribution in [3.8, 4) is 0 Å². The van der Waals surface area contributed by atoms with E-state index in [1.54, 1.807) is 0 Å². The van der Waals surface area contributed by atoms with Crippen LogP contribution in [0.4, 0.5) is 0 Å². The second-order valence-electron chi connectivity index (χ2n) is 1.80. The molecule has 0 bridgehead atoms. The zero-order valence-corrected chi connectivity index (χ0v) is 9.84. The molecule has 1 rings (SSSR count). The minimum absolute atomic E-state index is 0.831. The monoisotopic (exact) mass is 358 g/mol. The topological polar surface area (TPSA) is 0 Å². The number of hydrogen-bond donors (Lipinski definition) is 0. The van der Waals surface area contributed by atoms with Crippen LogP contribution in [0.2, 0.25) is 0 Å². The molecule has 0 radical (unpaired) electrons. The Kier molecular flexibility index (Phi) is 4.07. The summed E-state index contributed by atoms with van der Waals surface area (Å²) in [6.45, 7) is 0. The molecule has 0 atom stereocenters.